The number of thiophene rings is 1. The van der Waals surface area contributed by atoms with Crippen molar-refractivity contribution in [2.45, 2.75) is 19.4 Å². The summed E-state index contributed by atoms with van der Waals surface area (Å²) in [4.78, 5) is 13.3. The van der Waals surface area contributed by atoms with Crippen molar-refractivity contribution in [1.29, 1.82) is 5.26 Å². The Morgan fingerprint density at radius 3 is 2.87 bits per heavy atom. The molecule has 1 aromatic carbocycles. The Hall–Kier alpha value is -2.52. The lowest BCUT2D eigenvalue weighted by Crippen LogP contribution is -2.37. The van der Waals surface area contributed by atoms with Crippen LogP contribution in [0.5, 0.6) is 11.5 Å². The van der Waals surface area contributed by atoms with E-state index >= 15 is 0 Å². The van der Waals surface area contributed by atoms with Gasteiger partial charge in [-0.3, -0.25) is 4.79 Å². The van der Waals surface area contributed by atoms with Gasteiger partial charge in [0, 0.05) is 17.5 Å². The number of rotatable bonds is 7. The number of ether oxygens (including phenoxy) is 2. The Morgan fingerprint density at radius 1 is 1.39 bits per heavy atom. The number of amides is 1. The SMILES string of the molecule is COc1cc(C#N)ccc1OC(C)C(=O)NCCc1cccs1. The molecular weight excluding hydrogens is 312 g/mol. The molecule has 2 aromatic rings. The van der Waals surface area contributed by atoms with Crippen molar-refractivity contribution < 1.29 is 14.3 Å². The summed E-state index contributed by atoms with van der Waals surface area (Å²) in [5, 5.41) is 13.7. The zero-order chi connectivity index (χ0) is 16.7. The van der Waals surface area contributed by atoms with E-state index in [9.17, 15) is 4.79 Å². The quantitative estimate of drug-likeness (QED) is 0.847. The predicted molar refractivity (Wildman–Crippen MR) is 88.8 cm³/mol. The van der Waals surface area contributed by atoms with Gasteiger partial charge in [-0.15, -0.1) is 11.3 Å². The molecule has 0 aliphatic carbocycles. The van der Waals surface area contributed by atoms with Crippen molar-refractivity contribution in [3.05, 3.63) is 46.2 Å². The first-order valence-corrected chi connectivity index (χ1v) is 8.07. The lowest BCUT2D eigenvalue weighted by atomic mass is 10.2. The molecule has 0 radical (unpaired) electrons. The predicted octanol–water partition coefficient (Wildman–Crippen LogP) is 2.75. The summed E-state index contributed by atoms with van der Waals surface area (Å²) in [6.07, 6.45) is 0.149. The van der Waals surface area contributed by atoms with Crippen LogP contribution >= 0.6 is 11.3 Å². The average molecular weight is 330 g/mol. The van der Waals surface area contributed by atoms with E-state index in [2.05, 4.69) is 5.32 Å². The van der Waals surface area contributed by atoms with Gasteiger partial charge in [0.25, 0.3) is 5.91 Å². The van der Waals surface area contributed by atoms with Gasteiger partial charge in [-0.2, -0.15) is 5.26 Å². The molecular formula is C17H18N2O3S. The van der Waals surface area contributed by atoms with E-state index in [-0.39, 0.29) is 5.91 Å². The number of nitrogens with one attached hydrogen (secondary N) is 1. The number of hydrogen-bond donors (Lipinski definition) is 1. The lowest BCUT2D eigenvalue weighted by molar-refractivity contribution is -0.127. The van der Waals surface area contributed by atoms with Crippen molar-refractivity contribution in [3.8, 4) is 17.6 Å². The molecule has 1 amide bonds. The molecule has 120 valence electrons. The van der Waals surface area contributed by atoms with Crippen LogP contribution in [-0.2, 0) is 11.2 Å². The summed E-state index contributed by atoms with van der Waals surface area (Å²) in [6.45, 7) is 2.25. The second kappa shape index (κ2) is 8.20. The molecule has 0 saturated carbocycles. The molecule has 0 bridgehead atoms. The Kier molecular flexibility index (Phi) is 6.01. The molecule has 6 heteroatoms. The molecule has 1 unspecified atom stereocenters. The van der Waals surface area contributed by atoms with Crippen LogP contribution in [0.1, 0.15) is 17.4 Å². The largest absolute Gasteiger partial charge is 0.493 e. The van der Waals surface area contributed by atoms with E-state index in [4.69, 9.17) is 14.7 Å². The van der Waals surface area contributed by atoms with E-state index < -0.39 is 6.10 Å². The van der Waals surface area contributed by atoms with E-state index in [0.29, 0.717) is 23.6 Å². The fourth-order valence-electron chi connectivity index (χ4n) is 1.99. The van der Waals surface area contributed by atoms with Crippen molar-refractivity contribution in [2.24, 2.45) is 0 Å². The third kappa shape index (κ3) is 4.73. The molecule has 0 aliphatic rings. The molecule has 1 N–H and O–H groups in total. The topological polar surface area (TPSA) is 71.3 Å². The maximum atomic E-state index is 12.1. The molecule has 23 heavy (non-hydrogen) atoms. The summed E-state index contributed by atoms with van der Waals surface area (Å²) >= 11 is 1.67. The van der Waals surface area contributed by atoms with Gasteiger partial charge in [0.2, 0.25) is 0 Å². The minimum Gasteiger partial charge on any atom is -0.493 e. The standard InChI is InChI=1S/C17H18N2O3S/c1-12(17(20)19-8-7-14-4-3-9-23-14)22-15-6-5-13(11-18)10-16(15)21-2/h3-6,9-10,12H,7-8H2,1-2H3,(H,19,20). The molecule has 1 heterocycles. The molecule has 2 rings (SSSR count). The average Bonchev–Trinajstić information content (AvgIpc) is 3.08. The molecule has 0 aliphatic heterocycles. The highest BCUT2D eigenvalue weighted by Crippen LogP contribution is 2.28. The lowest BCUT2D eigenvalue weighted by Gasteiger charge is -2.16. The fourth-order valence-corrected chi connectivity index (χ4v) is 2.69. The van der Waals surface area contributed by atoms with Gasteiger partial charge in [0.1, 0.15) is 0 Å². The van der Waals surface area contributed by atoms with Crippen molar-refractivity contribution in [1.82, 2.24) is 5.32 Å². The van der Waals surface area contributed by atoms with Crippen LogP contribution in [0.3, 0.4) is 0 Å². The molecule has 1 atom stereocenters. The number of benzene rings is 1. The number of nitriles is 1. The van der Waals surface area contributed by atoms with Crippen LogP contribution in [0.15, 0.2) is 35.7 Å². The minimum absolute atomic E-state index is 0.187. The number of hydrogen-bond acceptors (Lipinski definition) is 5. The third-order valence-electron chi connectivity index (χ3n) is 3.22. The monoisotopic (exact) mass is 330 g/mol. The van der Waals surface area contributed by atoms with Gasteiger partial charge < -0.3 is 14.8 Å². The van der Waals surface area contributed by atoms with Crippen LogP contribution in [0, 0.1) is 11.3 Å². The van der Waals surface area contributed by atoms with Gasteiger partial charge in [0.15, 0.2) is 17.6 Å². The maximum Gasteiger partial charge on any atom is 0.260 e. The number of carbonyl (C=O) groups excluding carboxylic acids is 1. The van der Waals surface area contributed by atoms with Crippen molar-refractivity contribution >= 4 is 17.2 Å². The molecule has 0 spiro atoms. The van der Waals surface area contributed by atoms with Crippen LogP contribution < -0.4 is 14.8 Å². The first-order valence-electron chi connectivity index (χ1n) is 7.19. The second-order valence-electron chi connectivity index (χ2n) is 4.86. The van der Waals surface area contributed by atoms with Crippen molar-refractivity contribution in [3.63, 3.8) is 0 Å². The smallest absolute Gasteiger partial charge is 0.260 e. The normalized spacial score (nSPS) is 11.3. The van der Waals surface area contributed by atoms with Gasteiger partial charge >= 0.3 is 0 Å². The number of methoxy groups -OCH3 is 1. The summed E-state index contributed by atoms with van der Waals surface area (Å²) in [5.74, 6) is 0.683. The van der Waals surface area contributed by atoms with Crippen LogP contribution in [-0.4, -0.2) is 25.7 Å². The highest BCUT2D eigenvalue weighted by molar-refractivity contribution is 7.09. The molecule has 0 saturated heterocycles. The highest BCUT2D eigenvalue weighted by Gasteiger charge is 2.16. The Bertz CT molecular complexity index is 692. The van der Waals surface area contributed by atoms with Crippen LogP contribution in [0.2, 0.25) is 0 Å². The van der Waals surface area contributed by atoms with Crippen molar-refractivity contribution in [2.75, 3.05) is 13.7 Å². The minimum atomic E-state index is -0.653. The molecule has 5 nitrogen and oxygen atoms in total. The van der Waals surface area contributed by atoms with Crippen LogP contribution in [0.4, 0.5) is 0 Å². The summed E-state index contributed by atoms with van der Waals surface area (Å²) < 4.78 is 10.8. The van der Waals surface area contributed by atoms with E-state index in [1.54, 1.807) is 36.5 Å². The van der Waals surface area contributed by atoms with Gasteiger partial charge in [-0.25, -0.2) is 0 Å². The Balaban J connectivity index is 1.89. The number of carbonyl (C=O) groups is 1. The first-order chi connectivity index (χ1) is 11.1. The van der Waals surface area contributed by atoms with Gasteiger partial charge in [0.05, 0.1) is 18.7 Å². The summed E-state index contributed by atoms with van der Waals surface area (Å²) in [6, 6.07) is 10.9. The zero-order valence-corrected chi connectivity index (χ0v) is 13.9. The number of nitrogens with zero attached hydrogens (tertiary/aromatic N) is 1. The summed E-state index contributed by atoms with van der Waals surface area (Å²) in [5.41, 5.74) is 0.474. The van der Waals surface area contributed by atoms with Gasteiger partial charge in [-0.05, 0) is 36.9 Å². The van der Waals surface area contributed by atoms with E-state index in [0.717, 1.165) is 6.42 Å². The van der Waals surface area contributed by atoms with Crippen LogP contribution in [0.25, 0.3) is 0 Å². The molecule has 1 aromatic heterocycles. The summed E-state index contributed by atoms with van der Waals surface area (Å²) in [7, 11) is 1.50. The van der Waals surface area contributed by atoms with Gasteiger partial charge in [-0.1, -0.05) is 6.07 Å². The molecule has 0 fully saturated rings. The highest BCUT2D eigenvalue weighted by atomic mass is 32.1. The van der Waals surface area contributed by atoms with E-state index in [1.807, 2.05) is 23.6 Å². The first kappa shape index (κ1) is 16.8. The second-order valence-corrected chi connectivity index (χ2v) is 5.89. The third-order valence-corrected chi connectivity index (χ3v) is 4.15. The Labute approximate surface area is 139 Å². The zero-order valence-electron chi connectivity index (χ0n) is 13.0. The Morgan fingerprint density at radius 2 is 2.22 bits per heavy atom. The maximum absolute atomic E-state index is 12.1. The van der Waals surface area contributed by atoms with E-state index in [1.165, 1.54) is 12.0 Å². The fraction of sp³-hybridized carbons (Fsp3) is 0.294.